The summed E-state index contributed by atoms with van der Waals surface area (Å²) in [5, 5.41) is 0.767. The van der Waals surface area contributed by atoms with E-state index in [1.165, 1.54) is 16.9 Å². The van der Waals surface area contributed by atoms with Crippen molar-refractivity contribution in [1.82, 2.24) is 14.9 Å². The van der Waals surface area contributed by atoms with E-state index in [0.29, 0.717) is 24.7 Å². The number of hydrogen-bond acceptors (Lipinski definition) is 5. The number of fused-ring (bicyclic) bond motifs is 3. The number of ether oxygens (including phenoxy) is 1. The Morgan fingerprint density at radius 2 is 1.90 bits per heavy atom. The highest BCUT2D eigenvalue weighted by molar-refractivity contribution is 7.18. The standard InChI is InChI=1S/C22H25N3O3S/c1-3-25(4-2)18(26)13-28-15-11-9-14(10-12-15)20-23-21(27)19-16-7-5-6-8-17(16)29-22(19)24-20/h9-12H,3-8,13H2,1-2H3,(H,23,24,27). The number of nitrogens with one attached hydrogen (secondary N) is 1. The van der Waals surface area contributed by atoms with E-state index in [0.717, 1.165) is 35.0 Å². The van der Waals surface area contributed by atoms with Crippen LogP contribution >= 0.6 is 11.3 Å². The van der Waals surface area contributed by atoms with Gasteiger partial charge in [0.15, 0.2) is 6.61 Å². The van der Waals surface area contributed by atoms with Crippen molar-refractivity contribution in [3.05, 3.63) is 45.1 Å². The molecule has 2 heterocycles. The summed E-state index contributed by atoms with van der Waals surface area (Å²) in [5.74, 6) is 1.15. The van der Waals surface area contributed by atoms with Gasteiger partial charge in [-0.2, -0.15) is 0 Å². The summed E-state index contributed by atoms with van der Waals surface area (Å²) in [6.45, 7) is 5.26. The summed E-state index contributed by atoms with van der Waals surface area (Å²) in [7, 11) is 0. The molecule has 3 aromatic rings. The van der Waals surface area contributed by atoms with Crippen LogP contribution in [0.3, 0.4) is 0 Å². The molecule has 1 aliphatic rings. The fourth-order valence-electron chi connectivity index (χ4n) is 3.82. The molecular weight excluding hydrogens is 386 g/mol. The van der Waals surface area contributed by atoms with Gasteiger partial charge < -0.3 is 14.6 Å². The highest BCUT2D eigenvalue weighted by Gasteiger charge is 2.20. The first-order chi connectivity index (χ1) is 14.1. The molecule has 7 heteroatoms. The highest BCUT2D eigenvalue weighted by atomic mass is 32.1. The zero-order chi connectivity index (χ0) is 20.4. The maximum absolute atomic E-state index is 12.7. The van der Waals surface area contributed by atoms with Crippen molar-refractivity contribution in [3.63, 3.8) is 0 Å². The van der Waals surface area contributed by atoms with Crippen LogP contribution in [0.25, 0.3) is 21.6 Å². The zero-order valence-corrected chi connectivity index (χ0v) is 17.6. The van der Waals surface area contributed by atoms with Gasteiger partial charge in [0.05, 0.1) is 5.39 Å². The van der Waals surface area contributed by atoms with Gasteiger partial charge in [0, 0.05) is 23.5 Å². The lowest BCUT2D eigenvalue weighted by Gasteiger charge is -2.18. The predicted octanol–water partition coefficient (Wildman–Crippen LogP) is 3.78. The molecule has 1 aliphatic carbocycles. The number of carbonyl (C=O) groups is 1. The van der Waals surface area contributed by atoms with Crippen LogP contribution in [0.5, 0.6) is 5.75 Å². The van der Waals surface area contributed by atoms with E-state index < -0.39 is 0 Å². The van der Waals surface area contributed by atoms with E-state index in [1.54, 1.807) is 28.4 Å². The first-order valence-electron chi connectivity index (χ1n) is 10.2. The van der Waals surface area contributed by atoms with Gasteiger partial charge in [-0.25, -0.2) is 4.98 Å². The van der Waals surface area contributed by atoms with Crippen LogP contribution < -0.4 is 10.3 Å². The van der Waals surface area contributed by atoms with E-state index in [2.05, 4.69) is 4.98 Å². The molecule has 0 atom stereocenters. The summed E-state index contributed by atoms with van der Waals surface area (Å²) in [5.41, 5.74) is 1.95. The number of carbonyl (C=O) groups excluding carboxylic acids is 1. The van der Waals surface area contributed by atoms with Crippen LogP contribution in [-0.4, -0.2) is 40.5 Å². The Morgan fingerprint density at radius 3 is 2.62 bits per heavy atom. The average molecular weight is 412 g/mol. The fourth-order valence-corrected chi connectivity index (χ4v) is 5.08. The maximum Gasteiger partial charge on any atom is 0.260 e. The summed E-state index contributed by atoms with van der Waals surface area (Å²) < 4.78 is 5.61. The third-order valence-corrected chi connectivity index (χ3v) is 6.62. The third-order valence-electron chi connectivity index (χ3n) is 5.43. The minimum atomic E-state index is -0.0606. The molecule has 0 saturated heterocycles. The van der Waals surface area contributed by atoms with E-state index in [9.17, 15) is 9.59 Å². The van der Waals surface area contributed by atoms with Gasteiger partial charge in [-0.05, 0) is 69.4 Å². The van der Waals surface area contributed by atoms with E-state index in [1.807, 2.05) is 26.0 Å². The molecular formula is C22H25N3O3S. The Kier molecular flexibility index (Phi) is 5.67. The first-order valence-corrected chi connectivity index (χ1v) is 11.0. The molecule has 152 valence electrons. The van der Waals surface area contributed by atoms with Crippen LogP contribution in [0.4, 0.5) is 0 Å². The Hall–Kier alpha value is -2.67. The van der Waals surface area contributed by atoms with Crippen molar-refractivity contribution in [3.8, 4) is 17.1 Å². The van der Waals surface area contributed by atoms with Crippen molar-refractivity contribution < 1.29 is 9.53 Å². The van der Waals surface area contributed by atoms with Crippen molar-refractivity contribution in [2.75, 3.05) is 19.7 Å². The number of nitrogens with zero attached hydrogens (tertiary/aromatic N) is 2. The number of likely N-dealkylation sites (N-methyl/N-ethyl adjacent to an activating group) is 1. The van der Waals surface area contributed by atoms with Crippen LogP contribution in [-0.2, 0) is 17.6 Å². The third kappa shape index (κ3) is 3.92. The van der Waals surface area contributed by atoms with Crippen molar-refractivity contribution in [2.45, 2.75) is 39.5 Å². The van der Waals surface area contributed by atoms with E-state index in [-0.39, 0.29) is 18.1 Å². The number of benzene rings is 1. The molecule has 29 heavy (non-hydrogen) atoms. The van der Waals surface area contributed by atoms with Gasteiger partial charge in [-0.15, -0.1) is 11.3 Å². The minimum Gasteiger partial charge on any atom is -0.484 e. The topological polar surface area (TPSA) is 75.3 Å². The molecule has 0 unspecified atom stereocenters. The molecule has 0 saturated carbocycles. The van der Waals surface area contributed by atoms with Crippen LogP contribution in [0.15, 0.2) is 29.1 Å². The lowest BCUT2D eigenvalue weighted by Crippen LogP contribution is -2.34. The molecule has 0 aliphatic heterocycles. The predicted molar refractivity (Wildman–Crippen MR) is 116 cm³/mol. The van der Waals surface area contributed by atoms with Gasteiger partial charge in [0.2, 0.25) is 0 Å². The Bertz CT molecular complexity index is 1080. The molecule has 6 nitrogen and oxygen atoms in total. The van der Waals surface area contributed by atoms with Crippen molar-refractivity contribution in [1.29, 1.82) is 0 Å². The van der Waals surface area contributed by atoms with Crippen LogP contribution in [0, 0.1) is 0 Å². The van der Waals surface area contributed by atoms with Gasteiger partial charge in [-0.3, -0.25) is 9.59 Å². The largest absolute Gasteiger partial charge is 0.484 e. The maximum atomic E-state index is 12.7. The number of aryl methyl sites for hydroxylation is 2. The minimum absolute atomic E-state index is 0.0167. The van der Waals surface area contributed by atoms with Gasteiger partial charge in [0.1, 0.15) is 16.4 Å². The molecule has 4 rings (SSSR count). The average Bonchev–Trinajstić information content (AvgIpc) is 3.12. The molecule has 1 amide bonds. The second-order valence-electron chi connectivity index (χ2n) is 7.18. The van der Waals surface area contributed by atoms with Gasteiger partial charge in [0.25, 0.3) is 11.5 Å². The van der Waals surface area contributed by atoms with Crippen molar-refractivity contribution >= 4 is 27.5 Å². The second-order valence-corrected chi connectivity index (χ2v) is 8.27. The smallest absolute Gasteiger partial charge is 0.260 e. The van der Waals surface area contributed by atoms with E-state index >= 15 is 0 Å². The van der Waals surface area contributed by atoms with Crippen molar-refractivity contribution in [2.24, 2.45) is 0 Å². The lowest BCUT2D eigenvalue weighted by molar-refractivity contribution is -0.132. The summed E-state index contributed by atoms with van der Waals surface area (Å²) in [6, 6.07) is 7.31. The molecule has 1 aromatic carbocycles. The Balaban J connectivity index is 1.54. The quantitative estimate of drug-likeness (QED) is 0.670. The van der Waals surface area contributed by atoms with Gasteiger partial charge >= 0.3 is 0 Å². The SMILES string of the molecule is CCN(CC)C(=O)COc1ccc(-c2nc3sc4c(c3c(=O)[nH]2)CCCC4)cc1. The monoisotopic (exact) mass is 411 g/mol. The number of hydrogen-bond donors (Lipinski definition) is 1. The number of aromatic nitrogens is 2. The molecule has 0 spiro atoms. The molecule has 0 fully saturated rings. The van der Waals surface area contributed by atoms with E-state index in [4.69, 9.17) is 9.72 Å². The number of rotatable bonds is 6. The summed E-state index contributed by atoms with van der Waals surface area (Å²) in [4.78, 5) is 36.3. The number of amides is 1. The molecule has 2 aromatic heterocycles. The Labute approximate surface area is 173 Å². The molecule has 1 N–H and O–H groups in total. The lowest BCUT2D eigenvalue weighted by atomic mass is 9.97. The Morgan fingerprint density at radius 1 is 1.17 bits per heavy atom. The normalized spacial score (nSPS) is 13.3. The second kappa shape index (κ2) is 8.37. The zero-order valence-electron chi connectivity index (χ0n) is 16.8. The molecule has 0 bridgehead atoms. The number of thiophene rings is 1. The van der Waals surface area contributed by atoms with Crippen LogP contribution in [0.1, 0.15) is 37.1 Å². The summed E-state index contributed by atoms with van der Waals surface area (Å²) in [6.07, 6.45) is 4.34. The first kappa shape index (κ1) is 19.6. The highest BCUT2D eigenvalue weighted by Crippen LogP contribution is 2.34. The number of aromatic amines is 1. The van der Waals surface area contributed by atoms with Crippen LogP contribution in [0.2, 0.25) is 0 Å². The fraction of sp³-hybridized carbons (Fsp3) is 0.409. The van der Waals surface area contributed by atoms with Gasteiger partial charge in [-0.1, -0.05) is 0 Å². The summed E-state index contributed by atoms with van der Waals surface area (Å²) >= 11 is 1.65. The molecule has 0 radical (unpaired) electrons. The number of H-pyrrole nitrogens is 1.